The van der Waals surface area contributed by atoms with Crippen molar-refractivity contribution in [2.24, 2.45) is 5.16 Å². The molecule has 2 aromatic rings. The van der Waals surface area contributed by atoms with Crippen molar-refractivity contribution in [3.8, 4) is 11.3 Å². The molecule has 4 rings (SSSR count). The molecule has 2 aliphatic rings. The van der Waals surface area contributed by atoms with Gasteiger partial charge >= 0.3 is 6.09 Å². The minimum atomic E-state index is -0.522. The fourth-order valence-corrected chi connectivity index (χ4v) is 5.38. The average Bonchev–Trinajstić information content (AvgIpc) is 2.80. The van der Waals surface area contributed by atoms with E-state index >= 15 is 0 Å². The molecular weight excluding hydrogens is 456 g/mol. The first-order valence-electron chi connectivity index (χ1n) is 12.5. The van der Waals surface area contributed by atoms with Crippen LogP contribution >= 0.6 is 0 Å². The number of oxime groups is 1. The van der Waals surface area contributed by atoms with E-state index in [9.17, 15) is 4.79 Å². The van der Waals surface area contributed by atoms with Gasteiger partial charge in [0, 0.05) is 46.9 Å². The van der Waals surface area contributed by atoms with Crippen molar-refractivity contribution < 1.29 is 14.4 Å². The second kappa shape index (κ2) is 9.59. The van der Waals surface area contributed by atoms with E-state index in [1.165, 1.54) is 6.33 Å². The number of aromatic nitrogens is 2. The first kappa shape index (κ1) is 25.7. The zero-order valence-corrected chi connectivity index (χ0v) is 22.4. The molecule has 0 spiro atoms. The van der Waals surface area contributed by atoms with Gasteiger partial charge in [-0.1, -0.05) is 11.2 Å². The molecule has 0 aliphatic heterocycles. The lowest BCUT2D eigenvalue weighted by Crippen LogP contribution is -2.44. The number of rotatable bonds is 4. The van der Waals surface area contributed by atoms with Crippen LogP contribution in [0, 0.1) is 0 Å². The zero-order chi connectivity index (χ0) is 26.3. The number of hydrogen-bond donors (Lipinski definition) is 2. The largest absolute Gasteiger partial charge is 0.444 e. The van der Waals surface area contributed by atoms with Crippen molar-refractivity contribution >= 4 is 23.3 Å². The van der Waals surface area contributed by atoms with Crippen molar-refractivity contribution in [2.75, 3.05) is 24.8 Å². The van der Waals surface area contributed by atoms with Gasteiger partial charge in [-0.05, 0) is 72.4 Å². The van der Waals surface area contributed by atoms with Gasteiger partial charge in [-0.25, -0.2) is 14.8 Å². The van der Waals surface area contributed by atoms with Gasteiger partial charge in [-0.15, -0.1) is 0 Å². The molecule has 0 saturated heterocycles. The summed E-state index contributed by atoms with van der Waals surface area (Å²) in [5.41, 5.74) is 10.8. The van der Waals surface area contributed by atoms with E-state index in [1.807, 2.05) is 20.8 Å². The molecule has 9 nitrogen and oxygen atoms in total. The molecule has 3 N–H and O–H groups in total. The molecule has 0 radical (unpaired) electrons. The Morgan fingerprint density at radius 3 is 2.50 bits per heavy atom. The molecule has 1 saturated carbocycles. The van der Waals surface area contributed by atoms with Crippen LogP contribution in [0.5, 0.6) is 0 Å². The lowest BCUT2D eigenvalue weighted by Gasteiger charge is -2.38. The molecule has 9 heteroatoms. The third-order valence-corrected chi connectivity index (χ3v) is 7.16. The summed E-state index contributed by atoms with van der Waals surface area (Å²) in [7, 11) is 3.69. The molecule has 0 atom stereocenters. The molecule has 1 fully saturated rings. The monoisotopic (exact) mass is 494 g/mol. The maximum Gasteiger partial charge on any atom is 0.407 e. The van der Waals surface area contributed by atoms with E-state index in [0.29, 0.717) is 11.9 Å². The summed E-state index contributed by atoms with van der Waals surface area (Å²) < 4.78 is 5.42. The Kier molecular flexibility index (Phi) is 6.86. The van der Waals surface area contributed by atoms with Gasteiger partial charge in [0.15, 0.2) is 0 Å². The zero-order valence-electron chi connectivity index (χ0n) is 22.4. The number of nitrogens with two attached hydrogens (primary N) is 1. The van der Waals surface area contributed by atoms with Crippen LogP contribution in [0.4, 0.5) is 16.3 Å². The molecule has 1 aromatic carbocycles. The topological polar surface area (TPSA) is 115 Å². The molecule has 1 heterocycles. The van der Waals surface area contributed by atoms with Gasteiger partial charge in [-0.3, -0.25) is 0 Å². The molecule has 194 valence electrons. The second-order valence-corrected chi connectivity index (χ2v) is 11.2. The standard InChI is InChI=1S/C27H38N6O3/c1-26(2,3)36-25(34)31-16-8-10-17(11-9-16)33(6)18-12-13-19-20(14-18)23(32-35-7)27(4,5)21-22(19)29-15-30-24(21)28/h12-17H,8-11H2,1-7H3,(H,31,34)(H2,28,29,30). The van der Waals surface area contributed by atoms with Crippen LogP contribution in [0.25, 0.3) is 11.3 Å². The summed E-state index contributed by atoms with van der Waals surface area (Å²) in [5.74, 6) is 0.456. The highest BCUT2D eigenvalue weighted by atomic mass is 16.6. The third-order valence-electron chi connectivity index (χ3n) is 7.16. The number of benzene rings is 1. The van der Waals surface area contributed by atoms with Crippen molar-refractivity contribution in [3.05, 3.63) is 35.7 Å². The van der Waals surface area contributed by atoms with Gasteiger partial charge in [0.25, 0.3) is 0 Å². The normalized spacial score (nSPS) is 21.8. The molecule has 1 amide bonds. The Morgan fingerprint density at radius 1 is 1.17 bits per heavy atom. The highest BCUT2D eigenvalue weighted by Gasteiger charge is 2.41. The van der Waals surface area contributed by atoms with Crippen molar-refractivity contribution in [1.82, 2.24) is 15.3 Å². The highest BCUT2D eigenvalue weighted by molar-refractivity contribution is 6.16. The van der Waals surface area contributed by atoms with Crippen LogP contribution in [0.2, 0.25) is 0 Å². The van der Waals surface area contributed by atoms with Crippen molar-refractivity contribution in [2.45, 2.75) is 83.4 Å². The molecule has 36 heavy (non-hydrogen) atoms. The van der Waals surface area contributed by atoms with Gasteiger partial charge in [-0.2, -0.15) is 0 Å². The van der Waals surface area contributed by atoms with Crippen LogP contribution in [-0.2, 0) is 15.0 Å². The molecule has 2 aliphatic carbocycles. The lowest BCUT2D eigenvalue weighted by atomic mass is 9.70. The predicted octanol–water partition coefficient (Wildman–Crippen LogP) is 4.64. The second-order valence-electron chi connectivity index (χ2n) is 11.2. The number of amides is 1. The predicted molar refractivity (Wildman–Crippen MR) is 142 cm³/mol. The van der Waals surface area contributed by atoms with Crippen LogP contribution in [0.3, 0.4) is 0 Å². The Hall–Kier alpha value is -3.36. The SMILES string of the molecule is CON=C1c2cc(N(C)C3CCC(NC(=O)OC(C)(C)C)CC3)ccc2-c2ncnc(N)c2C1(C)C. The number of ether oxygens (including phenoxy) is 1. The Bertz CT molecular complexity index is 1160. The van der Waals surface area contributed by atoms with E-state index in [2.05, 4.69) is 64.4 Å². The molecule has 1 aromatic heterocycles. The number of carbonyl (C=O) groups excluding carboxylic acids is 1. The quantitative estimate of drug-likeness (QED) is 0.595. The van der Waals surface area contributed by atoms with E-state index in [0.717, 1.165) is 59.5 Å². The summed E-state index contributed by atoms with van der Waals surface area (Å²) in [6.07, 6.45) is 4.94. The smallest absolute Gasteiger partial charge is 0.407 e. The molecule has 0 bridgehead atoms. The molecular formula is C27H38N6O3. The minimum absolute atomic E-state index is 0.135. The summed E-state index contributed by atoms with van der Waals surface area (Å²) in [5, 5.41) is 7.46. The Labute approximate surface area is 213 Å². The van der Waals surface area contributed by atoms with Crippen LogP contribution in [-0.4, -0.2) is 53.6 Å². The van der Waals surface area contributed by atoms with Crippen LogP contribution in [0.15, 0.2) is 29.7 Å². The maximum absolute atomic E-state index is 12.2. The Balaban J connectivity index is 1.55. The van der Waals surface area contributed by atoms with Crippen molar-refractivity contribution in [1.29, 1.82) is 0 Å². The van der Waals surface area contributed by atoms with E-state index in [1.54, 1.807) is 7.11 Å². The summed E-state index contributed by atoms with van der Waals surface area (Å²) in [6, 6.07) is 6.87. The van der Waals surface area contributed by atoms with Gasteiger partial charge in [0.1, 0.15) is 24.9 Å². The fraction of sp³-hybridized carbons (Fsp3) is 0.556. The number of anilines is 2. The summed E-state index contributed by atoms with van der Waals surface area (Å²) in [6.45, 7) is 9.77. The van der Waals surface area contributed by atoms with E-state index in [4.69, 9.17) is 15.3 Å². The number of alkyl carbamates (subject to hydrolysis) is 1. The fourth-order valence-electron chi connectivity index (χ4n) is 5.38. The van der Waals surface area contributed by atoms with E-state index < -0.39 is 11.0 Å². The van der Waals surface area contributed by atoms with Gasteiger partial charge in [0.2, 0.25) is 0 Å². The summed E-state index contributed by atoms with van der Waals surface area (Å²) >= 11 is 0. The number of hydrogen-bond acceptors (Lipinski definition) is 8. The average molecular weight is 495 g/mol. The highest BCUT2D eigenvalue weighted by Crippen LogP contribution is 2.45. The maximum atomic E-state index is 12.2. The first-order valence-corrected chi connectivity index (χ1v) is 12.5. The minimum Gasteiger partial charge on any atom is -0.444 e. The summed E-state index contributed by atoms with van der Waals surface area (Å²) in [4.78, 5) is 28.6. The Morgan fingerprint density at radius 2 is 1.86 bits per heavy atom. The van der Waals surface area contributed by atoms with Crippen LogP contribution in [0.1, 0.15) is 71.4 Å². The number of carbonyl (C=O) groups is 1. The lowest BCUT2D eigenvalue weighted by molar-refractivity contribution is 0.0491. The first-order chi connectivity index (χ1) is 16.9. The van der Waals surface area contributed by atoms with Crippen LogP contribution < -0.4 is 16.0 Å². The number of nitrogen functional groups attached to an aromatic ring is 1. The third kappa shape index (κ3) is 4.96. The molecule has 0 unspecified atom stereocenters. The van der Waals surface area contributed by atoms with Gasteiger partial charge in [0.05, 0.1) is 11.4 Å². The number of nitrogens with one attached hydrogen (secondary N) is 1. The number of fused-ring (bicyclic) bond motifs is 3. The van der Waals surface area contributed by atoms with E-state index in [-0.39, 0.29) is 12.1 Å². The number of nitrogens with zero attached hydrogens (tertiary/aromatic N) is 4. The van der Waals surface area contributed by atoms with Crippen molar-refractivity contribution in [3.63, 3.8) is 0 Å². The van der Waals surface area contributed by atoms with Gasteiger partial charge < -0.3 is 25.5 Å².